The van der Waals surface area contributed by atoms with Gasteiger partial charge in [-0.3, -0.25) is 20.4 Å². The summed E-state index contributed by atoms with van der Waals surface area (Å²) < 4.78 is 28.7. The molecule has 0 bridgehead atoms. The van der Waals surface area contributed by atoms with Gasteiger partial charge in [0.2, 0.25) is 5.75 Å². The van der Waals surface area contributed by atoms with Gasteiger partial charge in [0.15, 0.2) is 11.5 Å². The van der Waals surface area contributed by atoms with E-state index in [1.165, 1.54) is 63.8 Å². The zero-order valence-corrected chi connectivity index (χ0v) is 16.1. The highest BCUT2D eigenvalue weighted by Crippen LogP contribution is 2.38. The number of nitrogens with one attached hydrogen (secondary N) is 2. The fourth-order valence-corrected chi connectivity index (χ4v) is 2.42. The first-order valence-corrected chi connectivity index (χ1v) is 8.30. The van der Waals surface area contributed by atoms with Crippen molar-refractivity contribution in [3.05, 3.63) is 58.4 Å². The van der Waals surface area contributed by atoms with Crippen LogP contribution in [0, 0.1) is 5.82 Å². The van der Waals surface area contributed by atoms with Gasteiger partial charge in [-0.25, -0.2) is 4.39 Å². The Morgan fingerprint density at radius 3 is 2.18 bits per heavy atom. The van der Waals surface area contributed by atoms with Gasteiger partial charge in [-0.05, 0) is 35.9 Å². The van der Waals surface area contributed by atoms with Gasteiger partial charge in [-0.1, -0.05) is 17.7 Å². The van der Waals surface area contributed by atoms with Crippen LogP contribution < -0.4 is 25.1 Å². The summed E-state index contributed by atoms with van der Waals surface area (Å²) in [5.41, 5.74) is 5.21. The van der Waals surface area contributed by atoms with Crippen LogP contribution in [0.15, 0.2) is 36.4 Å². The fourth-order valence-electron chi connectivity index (χ4n) is 2.23. The second kappa shape index (κ2) is 9.61. The molecule has 0 unspecified atom stereocenters. The number of methoxy groups -OCH3 is 3. The molecule has 7 nitrogen and oxygen atoms in total. The highest BCUT2D eigenvalue weighted by Gasteiger charge is 2.17. The predicted molar refractivity (Wildman–Crippen MR) is 102 cm³/mol. The van der Waals surface area contributed by atoms with Crippen molar-refractivity contribution in [2.75, 3.05) is 21.3 Å². The first kappa shape index (κ1) is 21.0. The largest absolute Gasteiger partial charge is 0.493 e. The lowest BCUT2D eigenvalue weighted by Gasteiger charge is -2.14. The molecule has 0 saturated heterocycles. The number of hydrogen-bond donors (Lipinski definition) is 2. The van der Waals surface area contributed by atoms with E-state index in [1.54, 1.807) is 0 Å². The first-order valence-electron chi connectivity index (χ1n) is 7.93. The maximum absolute atomic E-state index is 13.1. The number of amides is 2. The summed E-state index contributed by atoms with van der Waals surface area (Å²) in [6, 6.07) is 6.90. The van der Waals surface area contributed by atoms with Crippen molar-refractivity contribution < 1.29 is 28.2 Å². The normalized spacial score (nSPS) is 10.5. The molecule has 2 N–H and O–H groups in total. The van der Waals surface area contributed by atoms with E-state index >= 15 is 0 Å². The lowest BCUT2D eigenvalue weighted by molar-refractivity contribution is -0.117. The van der Waals surface area contributed by atoms with Crippen molar-refractivity contribution in [1.29, 1.82) is 0 Å². The summed E-state index contributed by atoms with van der Waals surface area (Å²) in [6.07, 6.45) is 2.59. The highest BCUT2D eigenvalue weighted by atomic mass is 35.5. The number of rotatable bonds is 6. The maximum Gasteiger partial charge on any atom is 0.269 e. The molecule has 0 atom stereocenters. The summed E-state index contributed by atoms with van der Waals surface area (Å²) >= 11 is 5.67. The predicted octanol–water partition coefficient (Wildman–Crippen LogP) is 2.98. The Morgan fingerprint density at radius 1 is 1.00 bits per heavy atom. The van der Waals surface area contributed by atoms with Gasteiger partial charge < -0.3 is 14.2 Å². The van der Waals surface area contributed by atoms with Gasteiger partial charge in [-0.2, -0.15) is 0 Å². The number of carbonyl (C=O) groups is 2. The molecule has 0 saturated carbocycles. The monoisotopic (exact) mass is 408 g/mol. The molecule has 0 aliphatic rings. The molecule has 0 fully saturated rings. The third kappa shape index (κ3) is 5.14. The second-order valence-corrected chi connectivity index (χ2v) is 5.77. The van der Waals surface area contributed by atoms with Crippen LogP contribution in [0.2, 0.25) is 5.02 Å². The lowest BCUT2D eigenvalue weighted by Crippen LogP contribution is -2.40. The molecule has 0 spiro atoms. The van der Waals surface area contributed by atoms with Crippen molar-refractivity contribution in [3.63, 3.8) is 0 Å². The Morgan fingerprint density at radius 2 is 1.64 bits per heavy atom. The molecular weight excluding hydrogens is 391 g/mol. The summed E-state index contributed by atoms with van der Waals surface area (Å²) in [7, 11) is 4.29. The smallest absolute Gasteiger partial charge is 0.269 e. The van der Waals surface area contributed by atoms with Crippen LogP contribution in [0.5, 0.6) is 17.2 Å². The van der Waals surface area contributed by atoms with Crippen LogP contribution in [0.1, 0.15) is 15.9 Å². The van der Waals surface area contributed by atoms with Gasteiger partial charge in [-0.15, -0.1) is 0 Å². The van der Waals surface area contributed by atoms with Crippen molar-refractivity contribution in [1.82, 2.24) is 10.9 Å². The Bertz CT molecular complexity index is 892. The molecule has 0 aromatic heterocycles. The number of benzene rings is 2. The van der Waals surface area contributed by atoms with E-state index in [-0.39, 0.29) is 10.6 Å². The molecule has 2 aromatic rings. The van der Waals surface area contributed by atoms with Crippen LogP contribution >= 0.6 is 11.6 Å². The summed E-state index contributed by atoms with van der Waals surface area (Å²) in [6.45, 7) is 0. The summed E-state index contributed by atoms with van der Waals surface area (Å²) in [5, 5.41) is -0.0572. The van der Waals surface area contributed by atoms with Crippen molar-refractivity contribution in [2.24, 2.45) is 0 Å². The van der Waals surface area contributed by atoms with Crippen molar-refractivity contribution >= 4 is 29.5 Å². The zero-order chi connectivity index (χ0) is 20.7. The second-order valence-electron chi connectivity index (χ2n) is 5.36. The van der Waals surface area contributed by atoms with E-state index < -0.39 is 17.6 Å². The third-order valence-electron chi connectivity index (χ3n) is 3.60. The number of hydrazine groups is 1. The zero-order valence-electron chi connectivity index (χ0n) is 15.3. The fraction of sp³-hybridized carbons (Fsp3) is 0.158. The molecule has 2 aromatic carbocycles. The van der Waals surface area contributed by atoms with E-state index in [0.717, 1.165) is 0 Å². The van der Waals surface area contributed by atoms with E-state index in [0.29, 0.717) is 22.8 Å². The molecule has 148 valence electrons. The Hall–Kier alpha value is -3.26. The molecule has 2 rings (SSSR count). The molecule has 2 amide bonds. The van der Waals surface area contributed by atoms with Crippen LogP contribution in [0.4, 0.5) is 4.39 Å². The van der Waals surface area contributed by atoms with Crippen molar-refractivity contribution in [2.45, 2.75) is 0 Å². The van der Waals surface area contributed by atoms with E-state index in [9.17, 15) is 14.0 Å². The van der Waals surface area contributed by atoms with Crippen LogP contribution in [0.25, 0.3) is 6.08 Å². The average molecular weight is 409 g/mol. The van der Waals surface area contributed by atoms with Gasteiger partial charge in [0.25, 0.3) is 11.8 Å². The molecular formula is C19H18ClFN2O5. The number of hydrogen-bond acceptors (Lipinski definition) is 5. The number of halogens is 2. The van der Waals surface area contributed by atoms with Gasteiger partial charge in [0.1, 0.15) is 5.82 Å². The topological polar surface area (TPSA) is 85.9 Å². The Kier molecular flexibility index (Phi) is 7.22. The van der Waals surface area contributed by atoms with Crippen LogP contribution in [-0.4, -0.2) is 33.1 Å². The minimum Gasteiger partial charge on any atom is -0.493 e. The quantitative estimate of drug-likeness (QED) is 0.567. The molecule has 0 aliphatic carbocycles. The van der Waals surface area contributed by atoms with Crippen molar-refractivity contribution in [3.8, 4) is 17.2 Å². The van der Waals surface area contributed by atoms with E-state index in [4.69, 9.17) is 25.8 Å². The van der Waals surface area contributed by atoms with Crippen LogP contribution in [0.3, 0.4) is 0 Å². The first-order chi connectivity index (χ1) is 13.4. The molecule has 0 radical (unpaired) electrons. The van der Waals surface area contributed by atoms with Gasteiger partial charge >= 0.3 is 0 Å². The Balaban J connectivity index is 2.04. The minimum atomic E-state index is -0.596. The highest BCUT2D eigenvalue weighted by molar-refractivity contribution is 6.30. The Labute approximate surface area is 166 Å². The van der Waals surface area contributed by atoms with Crippen LogP contribution in [-0.2, 0) is 4.79 Å². The summed E-state index contributed by atoms with van der Waals surface area (Å²) in [4.78, 5) is 24.1. The number of ether oxygens (including phenoxy) is 3. The summed E-state index contributed by atoms with van der Waals surface area (Å²) in [5.74, 6) is -0.808. The minimum absolute atomic E-state index is 0.0572. The SMILES string of the molecule is COc1cc(C(=O)NNC(=O)/C=C/c2ccc(F)c(Cl)c2)cc(OC)c1OC. The van der Waals surface area contributed by atoms with Gasteiger partial charge in [0, 0.05) is 11.6 Å². The van der Waals surface area contributed by atoms with E-state index in [2.05, 4.69) is 10.9 Å². The molecule has 9 heteroatoms. The third-order valence-corrected chi connectivity index (χ3v) is 3.89. The maximum atomic E-state index is 13.1. The standard InChI is InChI=1S/C19H18ClFN2O5/c1-26-15-9-12(10-16(27-2)18(15)28-3)19(25)23-22-17(24)7-5-11-4-6-14(21)13(20)8-11/h4-10H,1-3H3,(H,22,24)(H,23,25)/b7-5+. The average Bonchev–Trinajstić information content (AvgIpc) is 2.71. The molecule has 0 aliphatic heterocycles. The molecule has 28 heavy (non-hydrogen) atoms. The van der Waals surface area contributed by atoms with E-state index in [1.807, 2.05) is 0 Å². The lowest BCUT2D eigenvalue weighted by atomic mass is 10.1. The van der Waals surface area contributed by atoms with Gasteiger partial charge in [0.05, 0.1) is 26.4 Å². The molecule has 0 heterocycles. The number of carbonyl (C=O) groups excluding carboxylic acids is 2.